The van der Waals surface area contributed by atoms with E-state index in [-0.39, 0.29) is 5.78 Å². The molecule has 1 N–H and O–H groups in total. The highest BCUT2D eigenvalue weighted by atomic mass is 16.1. The second-order valence-electron chi connectivity index (χ2n) is 6.68. The van der Waals surface area contributed by atoms with Crippen molar-refractivity contribution in [3.8, 4) is 0 Å². The van der Waals surface area contributed by atoms with Crippen LogP contribution in [0.5, 0.6) is 0 Å². The highest BCUT2D eigenvalue weighted by Gasteiger charge is 2.15. The topological polar surface area (TPSA) is 29.1 Å². The van der Waals surface area contributed by atoms with Crippen molar-refractivity contribution in [3.63, 3.8) is 0 Å². The number of carbonyl (C=O) groups is 1. The van der Waals surface area contributed by atoms with Crippen molar-refractivity contribution in [3.05, 3.63) is 34.9 Å². The third-order valence-electron chi connectivity index (χ3n) is 5.08. The third-order valence-corrected chi connectivity index (χ3v) is 5.08. The molecule has 3 rings (SSSR count). The molecule has 0 heterocycles. The number of benzene rings is 1. The third kappa shape index (κ3) is 3.94. The summed E-state index contributed by atoms with van der Waals surface area (Å²) < 4.78 is 0. The van der Waals surface area contributed by atoms with Crippen molar-refractivity contribution >= 4 is 5.78 Å². The summed E-state index contributed by atoms with van der Waals surface area (Å²) >= 11 is 0. The Hall–Kier alpha value is -1.15. The minimum absolute atomic E-state index is 0.257. The fourth-order valence-corrected chi connectivity index (χ4v) is 3.73. The van der Waals surface area contributed by atoms with Crippen LogP contribution in [-0.4, -0.2) is 18.4 Å². The first-order valence-electron chi connectivity index (χ1n) is 8.71. The second kappa shape index (κ2) is 7.22. The van der Waals surface area contributed by atoms with E-state index >= 15 is 0 Å². The van der Waals surface area contributed by atoms with Crippen molar-refractivity contribution in [1.29, 1.82) is 0 Å². The van der Waals surface area contributed by atoms with E-state index in [1.165, 1.54) is 68.9 Å². The summed E-state index contributed by atoms with van der Waals surface area (Å²) in [5.41, 5.74) is 3.76. The first-order valence-corrected chi connectivity index (χ1v) is 8.71. The summed E-state index contributed by atoms with van der Waals surface area (Å²) in [7, 11) is 0. The standard InChI is InChI=1S/C19H27NO/c21-19(14-20-18-9-3-1-2-4-10-18)17-12-11-15-7-5-6-8-16(15)13-17/h11-13,18,20H,1-10,14H2. The molecule has 2 aliphatic rings. The Kier molecular flexibility index (Phi) is 5.08. The van der Waals surface area contributed by atoms with Gasteiger partial charge in [-0.25, -0.2) is 0 Å². The maximum atomic E-state index is 12.4. The number of rotatable bonds is 4. The molecule has 114 valence electrons. The lowest BCUT2D eigenvalue weighted by Crippen LogP contribution is -2.33. The molecule has 0 spiro atoms. The molecule has 0 atom stereocenters. The number of ketones is 1. The Balaban J connectivity index is 1.57. The molecule has 1 fully saturated rings. The first kappa shape index (κ1) is 14.8. The van der Waals surface area contributed by atoms with Crippen molar-refractivity contribution in [1.82, 2.24) is 5.32 Å². The van der Waals surface area contributed by atoms with Crippen LogP contribution in [0.1, 0.15) is 72.9 Å². The number of hydrogen-bond donors (Lipinski definition) is 1. The molecule has 0 amide bonds. The smallest absolute Gasteiger partial charge is 0.176 e. The van der Waals surface area contributed by atoms with Gasteiger partial charge < -0.3 is 5.32 Å². The molecule has 2 aliphatic carbocycles. The number of Topliss-reactive ketones (excluding diaryl/α,β-unsaturated/α-hetero) is 1. The van der Waals surface area contributed by atoms with Crippen LogP contribution in [0, 0.1) is 0 Å². The number of carbonyl (C=O) groups excluding carboxylic acids is 1. The fraction of sp³-hybridized carbons (Fsp3) is 0.632. The van der Waals surface area contributed by atoms with E-state index in [0.29, 0.717) is 12.6 Å². The monoisotopic (exact) mass is 285 g/mol. The molecule has 1 aromatic carbocycles. The molecule has 1 aromatic rings. The van der Waals surface area contributed by atoms with Gasteiger partial charge in [-0.2, -0.15) is 0 Å². The summed E-state index contributed by atoms with van der Waals surface area (Å²) in [5.74, 6) is 0.257. The van der Waals surface area contributed by atoms with E-state index in [4.69, 9.17) is 0 Å². The van der Waals surface area contributed by atoms with Gasteiger partial charge in [-0.15, -0.1) is 0 Å². The predicted molar refractivity (Wildman–Crippen MR) is 86.9 cm³/mol. The molecule has 0 radical (unpaired) electrons. The fourth-order valence-electron chi connectivity index (χ4n) is 3.73. The molecule has 21 heavy (non-hydrogen) atoms. The van der Waals surface area contributed by atoms with Crippen LogP contribution in [0.25, 0.3) is 0 Å². The van der Waals surface area contributed by atoms with Gasteiger partial charge >= 0.3 is 0 Å². The Morgan fingerprint density at radius 3 is 2.43 bits per heavy atom. The Morgan fingerprint density at radius 1 is 0.952 bits per heavy atom. The van der Waals surface area contributed by atoms with Crippen LogP contribution in [0.3, 0.4) is 0 Å². The predicted octanol–water partition coefficient (Wildman–Crippen LogP) is 4.06. The van der Waals surface area contributed by atoms with Crippen LogP contribution < -0.4 is 5.32 Å². The summed E-state index contributed by atoms with van der Waals surface area (Å²) in [6.45, 7) is 0.503. The Morgan fingerprint density at radius 2 is 1.67 bits per heavy atom. The minimum atomic E-state index is 0.257. The maximum Gasteiger partial charge on any atom is 0.176 e. The normalized spacial score (nSPS) is 19.8. The molecule has 0 aromatic heterocycles. The summed E-state index contributed by atoms with van der Waals surface area (Å²) in [6.07, 6.45) is 12.7. The van der Waals surface area contributed by atoms with Gasteiger partial charge in [0, 0.05) is 11.6 Å². The average molecular weight is 285 g/mol. The Bertz CT molecular complexity index is 486. The molecule has 0 bridgehead atoms. The zero-order chi connectivity index (χ0) is 14.5. The van der Waals surface area contributed by atoms with Gasteiger partial charge in [0.05, 0.1) is 6.54 Å². The number of nitrogens with one attached hydrogen (secondary N) is 1. The van der Waals surface area contributed by atoms with Crippen LogP contribution in [0.2, 0.25) is 0 Å². The second-order valence-corrected chi connectivity index (χ2v) is 6.68. The maximum absolute atomic E-state index is 12.4. The van der Waals surface area contributed by atoms with Crippen LogP contribution in [0.4, 0.5) is 0 Å². The zero-order valence-corrected chi connectivity index (χ0v) is 13.0. The van der Waals surface area contributed by atoms with Crippen molar-refractivity contribution in [2.24, 2.45) is 0 Å². The van der Waals surface area contributed by atoms with Crippen LogP contribution in [0.15, 0.2) is 18.2 Å². The number of hydrogen-bond acceptors (Lipinski definition) is 2. The van der Waals surface area contributed by atoms with Gasteiger partial charge in [0.25, 0.3) is 0 Å². The average Bonchev–Trinajstić information content (AvgIpc) is 2.81. The molecule has 0 aliphatic heterocycles. The van der Waals surface area contributed by atoms with Crippen molar-refractivity contribution in [2.75, 3.05) is 6.54 Å². The van der Waals surface area contributed by atoms with E-state index in [0.717, 1.165) is 12.0 Å². The van der Waals surface area contributed by atoms with Gasteiger partial charge in [-0.3, -0.25) is 4.79 Å². The first-order chi connectivity index (χ1) is 10.3. The molecule has 2 nitrogen and oxygen atoms in total. The van der Waals surface area contributed by atoms with Gasteiger partial charge in [-0.1, -0.05) is 37.8 Å². The lowest BCUT2D eigenvalue weighted by molar-refractivity contribution is 0.0986. The van der Waals surface area contributed by atoms with Gasteiger partial charge in [0.1, 0.15) is 0 Å². The quantitative estimate of drug-likeness (QED) is 0.667. The van der Waals surface area contributed by atoms with E-state index in [1.807, 2.05) is 6.07 Å². The lowest BCUT2D eigenvalue weighted by Gasteiger charge is -2.18. The summed E-state index contributed by atoms with van der Waals surface area (Å²) in [6, 6.07) is 6.90. The van der Waals surface area contributed by atoms with E-state index in [9.17, 15) is 4.79 Å². The highest BCUT2D eigenvalue weighted by molar-refractivity contribution is 5.97. The van der Waals surface area contributed by atoms with Gasteiger partial charge in [-0.05, 0) is 55.7 Å². The summed E-state index contributed by atoms with van der Waals surface area (Å²) in [4.78, 5) is 12.4. The van der Waals surface area contributed by atoms with Crippen LogP contribution >= 0.6 is 0 Å². The largest absolute Gasteiger partial charge is 0.307 e. The van der Waals surface area contributed by atoms with Gasteiger partial charge in [0.2, 0.25) is 0 Å². The van der Waals surface area contributed by atoms with E-state index in [1.54, 1.807) is 0 Å². The highest BCUT2D eigenvalue weighted by Crippen LogP contribution is 2.22. The van der Waals surface area contributed by atoms with Crippen LogP contribution in [-0.2, 0) is 12.8 Å². The lowest BCUT2D eigenvalue weighted by atomic mass is 9.90. The SMILES string of the molecule is O=C(CNC1CCCCCC1)c1ccc2c(c1)CCCC2. The van der Waals surface area contributed by atoms with Crippen molar-refractivity contribution < 1.29 is 4.79 Å². The molecule has 0 saturated heterocycles. The minimum Gasteiger partial charge on any atom is -0.307 e. The summed E-state index contributed by atoms with van der Waals surface area (Å²) in [5, 5.41) is 3.49. The molecular weight excluding hydrogens is 258 g/mol. The molecule has 1 saturated carbocycles. The van der Waals surface area contributed by atoms with Crippen molar-refractivity contribution in [2.45, 2.75) is 70.3 Å². The zero-order valence-electron chi connectivity index (χ0n) is 13.0. The molecular formula is C19H27NO. The molecule has 2 heteroatoms. The van der Waals surface area contributed by atoms with E-state index in [2.05, 4.69) is 17.4 Å². The van der Waals surface area contributed by atoms with E-state index < -0.39 is 0 Å². The Labute approximate surface area is 128 Å². The number of fused-ring (bicyclic) bond motifs is 1. The van der Waals surface area contributed by atoms with Gasteiger partial charge in [0.15, 0.2) is 5.78 Å². The number of aryl methyl sites for hydroxylation is 2. The molecule has 0 unspecified atom stereocenters.